The molecule has 0 spiro atoms. The molecule has 0 saturated heterocycles. The standard InChI is InChI=1S/C10H10F3N/c11-7-2-1-6(5-9(7)13)14-10-4-3-8(10)12/h1-2,5,8,10,14H,3-4H2. The first-order valence-corrected chi connectivity index (χ1v) is 4.52. The molecule has 1 aromatic rings. The molecule has 2 unspecified atom stereocenters. The van der Waals surface area contributed by atoms with Gasteiger partial charge in [0.25, 0.3) is 0 Å². The van der Waals surface area contributed by atoms with Crippen LogP contribution >= 0.6 is 0 Å². The summed E-state index contributed by atoms with van der Waals surface area (Å²) < 4.78 is 38.1. The van der Waals surface area contributed by atoms with E-state index in [1.807, 2.05) is 0 Å². The van der Waals surface area contributed by atoms with Crippen molar-refractivity contribution in [1.82, 2.24) is 0 Å². The molecule has 4 heteroatoms. The third kappa shape index (κ3) is 1.69. The molecule has 1 saturated carbocycles. The van der Waals surface area contributed by atoms with Crippen molar-refractivity contribution in [2.24, 2.45) is 0 Å². The number of benzene rings is 1. The predicted molar refractivity (Wildman–Crippen MR) is 47.9 cm³/mol. The first-order valence-electron chi connectivity index (χ1n) is 4.52. The average Bonchev–Trinajstić information content (AvgIpc) is 2.17. The minimum absolute atomic E-state index is 0.250. The number of rotatable bonds is 2. The smallest absolute Gasteiger partial charge is 0.160 e. The zero-order valence-electron chi connectivity index (χ0n) is 7.43. The molecule has 0 amide bonds. The summed E-state index contributed by atoms with van der Waals surface area (Å²) in [6.45, 7) is 0. The number of anilines is 1. The van der Waals surface area contributed by atoms with Gasteiger partial charge in [0.1, 0.15) is 6.17 Å². The maximum absolute atomic E-state index is 12.8. The second-order valence-electron chi connectivity index (χ2n) is 3.47. The van der Waals surface area contributed by atoms with Gasteiger partial charge < -0.3 is 5.32 Å². The van der Waals surface area contributed by atoms with Gasteiger partial charge in [-0.2, -0.15) is 0 Å². The van der Waals surface area contributed by atoms with Crippen molar-refractivity contribution < 1.29 is 13.2 Å². The molecular weight excluding hydrogens is 191 g/mol. The molecule has 1 fully saturated rings. The summed E-state index contributed by atoms with van der Waals surface area (Å²) in [5.41, 5.74) is 0.427. The third-order valence-electron chi connectivity index (χ3n) is 2.46. The summed E-state index contributed by atoms with van der Waals surface area (Å²) in [5, 5.41) is 2.81. The Morgan fingerprint density at radius 2 is 1.93 bits per heavy atom. The molecule has 2 atom stereocenters. The fraction of sp³-hybridized carbons (Fsp3) is 0.400. The van der Waals surface area contributed by atoms with Gasteiger partial charge in [-0.25, -0.2) is 13.2 Å². The number of hydrogen-bond acceptors (Lipinski definition) is 1. The summed E-state index contributed by atoms with van der Waals surface area (Å²) in [6, 6.07) is 3.23. The topological polar surface area (TPSA) is 12.0 Å². The number of halogens is 3. The monoisotopic (exact) mass is 201 g/mol. The Kier molecular flexibility index (Phi) is 2.35. The van der Waals surface area contributed by atoms with Crippen LogP contribution in [0.2, 0.25) is 0 Å². The molecule has 0 aromatic heterocycles. The molecule has 0 aliphatic heterocycles. The molecule has 0 bridgehead atoms. The normalized spacial score (nSPS) is 25.6. The van der Waals surface area contributed by atoms with Crippen molar-refractivity contribution in [2.75, 3.05) is 5.32 Å². The summed E-state index contributed by atoms with van der Waals surface area (Å²) >= 11 is 0. The lowest BCUT2D eigenvalue weighted by Crippen LogP contribution is -2.39. The van der Waals surface area contributed by atoms with E-state index in [1.165, 1.54) is 6.07 Å². The van der Waals surface area contributed by atoms with E-state index in [2.05, 4.69) is 5.32 Å². The Morgan fingerprint density at radius 3 is 2.43 bits per heavy atom. The van der Waals surface area contributed by atoms with Crippen molar-refractivity contribution >= 4 is 5.69 Å². The Bertz CT molecular complexity index is 340. The van der Waals surface area contributed by atoms with Crippen LogP contribution in [0.1, 0.15) is 12.8 Å². The quantitative estimate of drug-likeness (QED) is 0.775. The zero-order chi connectivity index (χ0) is 10.1. The van der Waals surface area contributed by atoms with Crippen LogP contribution in [0.15, 0.2) is 18.2 Å². The van der Waals surface area contributed by atoms with Crippen LogP contribution < -0.4 is 5.32 Å². The highest BCUT2D eigenvalue weighted by Crippen LogP contribution is 2.27. The van der Waals surface area contributed by atoms with E-state index in [0.717, 1.165) is 18.6 Å². The predicted octanol–water partition coefficient (Wildman–Crippen LogP) is 2.88. The van der Waals surface area contributed by atoms with Gasteiger partial charge in [0.2, 0.25) is 0 Å². The van der Waals surface area contributed by atoms with E-state index in [9.17, 15) is 13.2 Å². The van der Waals surface area contributed by atoms with Gasteiger partial charge in [-0.3, -0.25) is 0 Å². The zero-order valence-corrected chi connectivity index (χ0v) is 7.43. The molecule has 2 rings (SSSR count). The minimum atomic E-state index is -0.912. The number of alkyl halides is 1. The highest BCUT2D eigenvalue weighted by molar-refractivity contribution is 5.45. The highest BCUT2D eigenvalue weighted by Gasteiger charge is 2.30. The van der Waals surface area contributed by atoms with E-state index in [-0.39, 0.29) is 6.04 Å². The number of nitrogens with one attached hydrogen (secondary N) is 1. The Morgan fingerprint density at radius 1 is 1.14 bits per heavy atom. The first kappa shape index (κ1) is 9.37. The second kappa shape index (κ2) is 3.52. The van der Waals surface area contributed by atoms with Crippen LogP contribution in [0, 0.1) is 11.6 Å². The van der Waals surface area contributed by atoms with Crippen LogP contribution in [0.4, 0.5) is 18.9 Å². The van der Waals surface area contributed by atoms with Gasteiger partial charge in [-0.1, -0.05) is 0 Å². The van der Waals surface area contributed by atoms with Gasteiger partial charge in [0.15, 0.2) is 11.6 Å². The van der Waals surface area contributed by atoms with E-state index < -0.39 is 17.8 Å². The maximum Gasteiger partial charge on any atom is 0.160 e. The molecule has 1 aliphatic carbocycles. The molecule has 1 nitrogen and oxygen atoms in total. The fourth-order valence-corrected chi connectivity index (χ4v) is 1.42. The van der Waals surface area contributed by atoms with Crippen LogP contribution in [-0.4, -0.2) is 12.2 Å². The maximum atomic E-state index is 12.8. The van der Waals surface area contributed by atoms with E-state index in [1.54, 1.807) is 0 Å². The van der Waals surface area contributed by atoms with Crippen molar-refractivity contribution in [3.8, 4) is 0 Å². The van der Waals surface area contributed by atoms with Crippen LogP contribution in [0.3, 0.4) is 0 Å². The van der Waals surface area contributed by atoms with E-state index in [0.29, 0.717) is 12.1 Å². The molecule has 76 valence electrons. The lowest BCUT2D eigenvalue weighted by molar-refractivity contribution is 0.186. The van der Waals surface area contributed by atoms with Gasteiger partial charge >= 0.3 is 0 Å². The van der Waals surface area contributed by atoms with Crippen molar-refractivity contribution in [2.45, 2.75) is 25.1 Å². The lowest BCUT2D eigenvalue weighted by atomic mass is 9.90. The Balaban J connectivity index is 2.06. The fourth-order valence-electron chi connectivity index (χ4n) is 1.42. The van der Waals surface area contributed by atoms with Gasteiger partial charge in [0, 0.05) is 11.8 Å². The van der Waals surface area contributed by atoms with Crippen LogP contribution in [0.5, 0.6) is 0 Å². The third-order valence-corrected chi connectivity index (χ3v) is 2.46. The molecule has 1 aliphatic rings. The second-order valence-corrected chi connectivity index (χ2v) is 3.47. The molecule has 1 N–H and O–H groups in total. The highest BCUT2D eigenvalue weighted by atomic mass is 19.2. The molecule has 1 aromatic carbocycles. The van der Waals surface area contributed by atoms with Crippen molar-refractivity contribution in [3.63, 3.8) is 0 Å². The molecular formula is C10H10F3N. The number of hydrogen-bond donors (Lipinski definition) is 1. The van der Waals surface area contributed by atoms with Gasteiger partial charge in [0.05, 0.1) is 6.04 Å². The largest absolute Gasteiger partial charge is 0.379 e. The molecule has 0 heterocycles. The van der Waals surface area contributed by atoms with Gasteiger partial charge in [-0.05, 0) is 25.0 Å². The van der Waals surface area contributed by atoms with Crippen LogP contribution in [0.25, 0.3) is 0 Å². The van der Waals surface area contributed by atoms with Crippen LogP contribution in [-0.2, 0) is 0 Å². The summed E-state index contributed by atoms with van der Waals surface area (Å²) in [5.74, 6) is -1.80. The van der Waals surface area contributed by atoms with Crippen molar-refractivity contribution in [1.29, 1.82) is 0 Å². The average molecular weight is 201 g/mol. The summed E-state index contributed by atoms with van der Waals surface area (Å²) in [7, 11) is 0. The summed E-state index contributed by atoms with van der Waals surface area (Å²) in [4.78, 5) is 0. The first-order chi connectivity index (χ1) is 6.66. The Labute approximate surface area is 79.9 Å². The minimum Gasteiger partial charge on any atom is -0.379 e. The van der Waals surface area contributed by atoms with Gasteiger partial charge in [-0.15, -0.1) is 0 Å². The molecule has 14 heavy (non-hydrogen) atoms. The van der Waals surface area contributed by atoms with E-state index >= 15 is 0 Å². The van der Waals surface area contributed by atoms with Crippen molar-refractivity contribution in [3.05, 3.63) is 29.8 Å². The van der Waals surface area contributed by atoms with E-state index in [4.69, 9.17) is 0 Å². The lowest BCUT2D eigenvalue weighted by Gasteiger charge is -2.31. The molecule has 0 radical (unpaired) electrons. The SMILES string of the molecule is Fc1ccc(NC2CCC2F)cc1F. The summed E-state index contributed by atoms with van der Waals surface area (Å²) in [6.07, 6.45) is 0.407. The Hall–Kier alpha value is -1.19.